The van der Waals surface area contributed by atoms with Gasteiger partial charge in [0.1, 0.15) is 0 Å². The minimum atomic E-state index is -0.377. The molecule has 0 heterocycles. The molecule has 0 amide bonds. The molecular weight excluding hydrogens is 172 g/mol. The lowest BCUT2D eigenvalue weighted by Crippen LogP contribution is -1.99. The molecule has 1 nitrogen and oxygen atoms in total. The minimum Gasteiger partial charge on any atom is -0.389 e. The van der Waals surface area contributed by atoms with Gasteiger partial charge in [0.15, 0.2) is 0 Å². The Kier molecular flexibility index (Phi) is 8.65. The van der Waals surface area contributed by atoms with Crippen LogP contribution in [0.3, 0.4) is 0 Å². The summed E-state index contributed by atoms with van der Waals surface area (Å²) in [4.78, 5) is 0. The van der Waals surface area contributed by atoms with Gasteiger partial charge in [0, 0.05) is 0 Å². The fraction of sp³-hybridized carbons (Fsp3) is 0.385. The number of aliphatic hydroxyl groups is 1. The zero-order chi connectivity index (χ0) is 10.6. The highest BCUT2D eigenvalue weighted by molar-refractivity contribution is 5.33. The quantitative estimate of drug-likeness (QED) is 0.674. The van der Waals surface area contributed by atoms with Crippen LogP contribution in [0, 0.1) is 23.7 Å². The Labute approximate surface area is 86.5 Å². The van der Waals surface area contributed by atoms with E-state index < -0.39 is 0 Å². The average molecular weight is 188 g/mol. The number of hydrogen-bond acceptors (Lipinski definition) is 1. The van der Waals surface area contributed by atoms with Gasteiger partial charge >= 0.3 is 0 Å². The maximum Gasteiger partial charge on any atom is 0.0730 e. The first kappa shape index (κ1) is 12.6. The third kappa shape index (κ3) is 8.65. The van der Waals surface area contributed by atoms with Gasteiger partial charge in [0.2, 0.25) is 0 Å². The van der Waals surface area contributed by atoms with E-state index in [9.17, 15) is 5.11 Å². The molecule has 0 aliphatic carbocycles. The maximum atomic E-state index is 9.29. The zero-order valence-electron chi connectivity index (χ0n) is 8.75. The van der Waals surface area contributed by atoms with Crippen LogP contribution in [-0.2, 0) is 0 Å². The Hall–Kier alpha value is -1.44. The molecule has 14 heavy (non-hydrogen) atoms. The van der Waals surface area contributed by atoms with Crippen LogP contribution in [0.15, 0.2) is 24.3 Å². The number of allylic oxidation sites excluding steroid dienone is 3. The van der Waals surface area contributed by atoms with Gasteiger partial charge in [-0.05, 0) is 43.4 Å². The first-order chi connectivity index (χ1) is 6.81. The fourth-order valence-corrected chi connectivity index (χ4v) is 0.790. The van der Waals surface area contributed by atoms with Crippen molar-refractivity contribution in [3.8, 4) is 23.7 Å². The van der Waals surface area contributed by atoms with Crippen molar-refractivity contribution in [2.75, 3.05) is 0 Å². The van der Waals surface area contributed by atoms with E-state index in [4.69, 9.17) is 0 Å². The second-order valence-electron chi connectivity index (χ2n) is 2.75. The fourth-order valence-electron chi connectivity index (χ4n) is 0.790. The molecule has 0 bridgehead atoms. The molecule has 0 saturated carbocycles. The van der Waals surface area contributed by atoms with Crippen molar-refractivity contribution in [2.45, 2.75) is 32.8 Å². The molecule has 1 unspecified atom stereocenters. The Morgan fingerprint density at radius 3 is 2.43 bits per heavy atom. The molecule has 0 aromatic heterocycles. The molecular formula is C13H16O. The third-order valence-electron chi connectivity index (χ3n) is 1.44. The van der Waals surface area contributed by atoms with Gasteiger partial charge in [-0.15, -0.1) is 0 Å². The predicted molar refractivity (Wildman–Crippen MR) is 60.4 cm³/mol. The lowest BCUT2D eigenvalue weighted by atomic mass is 10.2. The van der Waals surface area contributed by atoms with Crippen LogP contribution in [0.5, 0.6) is 0 Å². The highest BCUT2D eigenvalue weighted by Crippen LogP contribution is 1.96. The molecule has 0 saturated heterocycles. The highest BCUT2D eigenvalue weighted by atomic mass is 16.3. The van der Waals surface area contributed by atoms with Crippen LogP contribution in [0.1, 0.15) is 26.7 Å². The second kappa shape index (κ2) is 9.65. The van der Waals surface area contributed by atoms with Crippen LogP contribution in [0.25, 0.3) is 0 Å². The first-order valence-electron chi connectivity index (χ1n) is 4.78. The van der Waals surface area contributed by atoms with E-state index in [1.165, 1.54) is 0 Å². The Balaban J connectivity index is 3.87. The molecule has 0 aromatic carbocycles. The minimum absolute atomic E-state index is 0.377. The van der Waals surface area contributed by atoms with E-state index in [0.29, 0.717) is 0 Å². The molecule has 0 spiro atoms. The molecule has 0 radical (unpaired) electrons. The lowest BCUT2D eigenvalue weighted by Gasteiger charge is -1.98. The van der Waals surface area contributed by atoms with Crippen LogP contribution in [0.4, 0.5) is 0 Å². The SMILES string of the molecule is C/C=C/C#CC#C/C=C/C(O)CCC. The van der Waals surface area contributed by atoms with Gasteiger partial charge in [-0.1, -0.05) is 31.3 Å². The highest BCUT2D eigenvalue weighted by Gasteiger charge is 1.93. The van der Waals surface area contributed by atoms with E-state index in [1.54, 1.807) is 18.2 Å². The lowest BCUT2D eigenvalue weighted by molar-refractivity contribution is 0.211. The summed E-state index contributed by atoms with van der Waals surface area (Å²) in [6.45, 7) is 3.94. The zero-order valence-corrected chi connectivity index (χ0v) is 8.75. The molecule has 0 aromatic rings. The van der Waals surface area contributed by atoms with Crippen molar-refractivity contribution in [2.24, 2.45) is 0 Å². The van der Waals surface area contributed by atoms with E-state index in [-0.39, 0.29) is 6.10 Å². The van der Waals surface area contributed by atoms with E-state index >= 15 is 0 Å². The first-order valence-corrected chi connectivity index (χ1v) is 4.78. The van der Waals surface area contributed by atoms with Gasteiger partial charge in [0.05, 0.1) is 6.10 Å². The van der Waals surface area contributed by atoms with Gasteiger partial charge < -0.3 is 5.11 Å². The average Bonchev–Trinajstić information content (AvgIpc) is 2.17. The summed E-state index contributed by atoms with van der Waals surface area (Å²) in [5.74, 6) is 10.8. The summed E-state index contributed by atoms with van der Waals surface area (Å²) < 4.78 is 0. The molecule has 1 N–H and O–H groups in total. The summed E-state index contributed by atoms with van der Waals surface area (Å²) in [7, 11) is 0. The summed E-state index contributed by atoms with van der Waals surface area (Å²) in [6, 6.07) is 0. The maximum absolute atomic E-state index is 9.29. The Morgan fingerprint density at radius 2 is 1.86 bits per heavy atom. The molecule has 0 aliphatic heterocycles. The molecule has 0 fully saturated rings. The smallest absolute Gasteiger partial charge is 0.0730 e. The molecule has 1 heteroatoms. The normalized spacial score (nSPS) is 11.9. The molecule has 0 aliphatic rings. The number of aliphatic hydroxyl groups excluding tert-OH is 1. The van der Waals surface area contributed by atoms with E-state index in [2.05, 4.69) is 23.7 Å². The van der Waals surface area contributed by atoms with Crippen LogP contribution >= 0.6 is 0 Å². The largest absolute Gasteiger partial charge is 0.389 e. The van der Waals surface area contributed by atoms with E-state index in [1.807, 2.05) is 19.9 Å². The topological polar surface area (TPSA) is 20.2 Å². The number of hydrogen-bond donors (Lipinski definition) is 1. The third-order valence-corrected chi connectivity index (χ3v) is 1.44. The predicted octanol–water partition coefficient (Wildman–Crippen LogP) is 2.29. The van der Waals surface area contributed by atoms with Crippen molar-refractivity contribution in [1.82, 2.24) is 0 Å². The van der Waals surface area contributed by atoms with Gasteiger partial charge in [-0.3, -0.25) is 0 Å². The van der Waals surface area contributed by atoms with Gasteiger partial charge in [-0.2, -0.15) is 0 Å². The van der Waals surface area contributed by atoms with Crippen molar-refractivity contribution < 1.29 is 5.11 Å². The summed E-state index contributed by atoms with van der Waals surface area (Å²) in [5.41, 5.74) is 0. The Morgan fingerprint density at radius 1 is 1.21 bits per heavy atom. The molecule has 1 atom stereocenters. The second-order valence-corrected chi connectivity index (χ2v) is 2.75. The summed E-state index contributed by atoms with van der Waals surface area (Å²) in [6.07, 6.45) is 8.30. The van der Waals surface area contributed by atoms with Crippen molar-refractivity contribution in [3.05, 3.63) is 24.3 Å². The molecule has 0 rings (SSSR count). The van der Waals surface area contributed by atoms with Crippen molar-refractivity contribution >= 4 is 0 Å². The monoisotopic (exact) mass is 188 g/mol. The van der Waals surface area contributed by atoms with Crippen LogP contribution in [0.2, 0.25) is 0 Å². The van der Waals surface area contributed by atoms with Crippen LogP contribution < -0.4 is 0 Å². The summed E-state index contributed by atoms with van der Waals surface area (Å²) in [5, 5.41) is 9.29. The number of rotatable bonds is 3. The standard InChI is InChI=1S/C13H16O/c1-3-5-6-7-8-9-10-12-13(14)11-4-2/h3,5,10,12-14H,4,11H2,1-2H3/b5-3+,12-10+. The van der Waals surface area contributed by atoms with Crippen molar-refractivity contribution in [1.29, 1.82) is 0 Å². The molecule has 74 valence electrons. The van der Waals surface area contributed by atoms with E-state index in [0.717, 1.165) is 12.8 Å². The van der Waals surface area contributed by atoms with Crippen LogP contribution in [-0.4, -0.2) is 11.2 Å². The van der Waals surface area contributed by atoms with Gasteiger partial charge in [0.25, 0.3) is 0 Å². The summed E-state index contributed by atoms with van der Waals surface area (Å²) >= 11 is 0. The Bertz CT molecular complexity index is 302. The van der Waals surface area contributed by atoms with Crippen molar-refractivity contribution in [3.63, 3.8) is 0 Å². The van der Waals surface area contributed by atoms with Gasteiger partial charge in [-0.25, -0.2) is 0 Å².